The van der Waals surface area contributed by atoms with E-state index in [0.717, 1.165) is 39.3 Å². The lowest BCUT2D eigenvalue weighted by atomic mass is 9.89. The van der Waals surface area contributed by atoms with Crippen LogP contribution in [0.15, 0.2) is 0 Å². The summed E-state index contributed by atoms with van der Waals surface area (Å²) in [5, 5.41) is 3.50. The van der Waals surface area contributed by atoms with Gasteiger partial charge in [-0.3, -0.25) is 9.69 Å². The second-order valence-electron chi connectivity index (χ2n) is 7.73. The highest BCUT2D eigenvalue weighted by atomic mass is 16.2. The Balaban J connectivity index is 1.44. The van der Waals surface area contributed by atoms with E-state index in [1.807, 2.05) is 4.90 Å². The quantitative estimate of drug-likeness (QED) is 0.826. The molecule has 3 heterocycles. The lowest BCUT2D eigenvalue weighted by Gasteiger charge is -2.31. The first-order valence-corrected chi connectivity index (χ1v) is 9.08. The predicted molar refractivity (Wildman–Crippen MR) is 88.9 cm³/mol. The Morgan fingerprint density at radius 3 is 2.45 bits per heavy atom. The van der Waals surface area contributed by atoms with Crippen LogP contribution in [0.1, 0.15) is 32.6 Å². The van der Waals surface area contributed by atoms with E-state index in [4.69, 9.17) is 0 Å². The number of likely N-dealkylation sites (tertiary alicyclic amines) is 1. The summed E-state index contributed by atoms with van der Waals surface area (Å²) in [6, 6.07) is 0. The van der Waals surface area contributed by atoms with Crippen LogP contribution in [0.5, 0.6) is 0 Å². The van der Waals surface area contributed by atoms with E-state index in [9.17, 15) is 4.79 Å². The van der Waals surface area contributed by atoms with Crippen molar-refractivity contribution >= 4 is 5.91 Å². The number of rotatable bonds is 4. The fourth-order valence-electron chi connectivity index (χ4n) is 4.14. The van der Waals surface area contributed by atoms with Gasteiger partial charge in [-0.05, 0) is 50.7 Å². The number of nitrogens with zero attached hydrogens (tertiary/aromatic N) is 3. The van der Waals surface area contributed by atoms with Gasteiger partial charge < -0.3 is 15.1 Å². The Morgan fingerprint density at radius 2 is 1.73 bits per heavy atom. The van der Waals surface area contributed by atoms with Gasteiger partial charge in [0.15, 0.2) is 0 Å². The van der Waals surface area contributed by atoms with Gasteiger partial charge in [-0.2, -0.15) is 0 Å². The third-order valence-electron chi connectivity index (χ3n) is 5.56. The lowest BCUT2D eigenvalue weighted by molar-refractivity contribution is -0.131. The highest BCUT2D eigenvalue weighted by molar-refractivity contribution is 5.78. The van der Waals surface area contributed by atoms with Crippen molar-refractivity contribution in [3.8, 4) is 0 Å². The first kappa shape index (κ1) is 16.2. The van der Waals surface area contributed by atoms with Crippen molar-refractivity contribution < 1.29 is 4.79 Å². The third-order valence-corrected chi connectivity index (χ3v) is 5.56. The van der Waals surface area contributed by atoms with Crippen LogP contribution < -0.4 is 5.32 Å². The maximum absolute atomic E-state index is 12.3. The molecule has 5 heteroatoms. The molecule has 1 N–H and O–H groups in total. The molecular formula is C17H32N4O. The zero-order valence-electron chi connectivity index (χ0n) is 14.1. The van der Waals surface area contributed by atoms with Crippen LogP contribution in [0, 0.1) is 5.41 Å². The van der Waals surface area contributed by atoms with Crippen LogP contribution >= 0.6 is 0 Å². The molecule has 5 nitrogen and oxygen atoms in total. The summed E-state index contributed by atoms with van der Waals surface area (Å²) in [7, 11) is 0. The van der Waals surface area contributed by atoms with E-state index in [1.54, 1.807) is 0 Å². The summed E-state index contributed by atoms with van der Waals surface area (Å²) < 4.78 is 0. The van der Waals surface area contributed by atoms with Gasteiger partial charge in [0.1, 0.15) is 0 Å². The van der Waals surface area contributed by atoms with Crippen molar-refractivity contribution in [3.63, 3.8) is 0 Å². The van der Waals surface area contributed by atoms with Crippen molar-refractivity contribution in [2.24, 2.45) is 5.41 Å². The van der Waals surface area contributed by atoms with Crippen molar-refractivity contribution in [1.82, 2.24) is 20.0 Å². The van der Waals surface area contributed by atoms with Crippen molar-refractivity contribution in [2.75, 3.05) is 65.4 Å². The molecule has 3 fully saturated rings. The third kappa shape index (κ3) is 4.21. The molecule has 22 heavy (non-hydrogen) atoms. The number of nitrogens with one attached hydrogen (secondary N) is 1. The first-order chi connectivity index (χ1) is 10.6. The zero-order chi connectivity index (χ0) is 15.4. The summed E-state index contributed by atoms with van der Waals surface area (Å²) in [5.74, 6) is 0.345. The Kier molecular flexibility index (Phi) is 5.37. The summed E-state index contributed by atoms with van der Waals surface area (Å²) in [6.07, 6.45) is 4.86. The van der Waals surface area contributed by atoms with Gasteiger partial charge in [0.25, 0.3) is 0 Å². The van der Waals surface area contributed by atoms with Crippen molar-refractivity contribution in [1.29, 1.82) is 0 Å². The highest BCUT2D eigenvalue weighted by Crippen LogP contribution is 2.26. The van der Waals surface area contributed by atoms with E-state index in [-0.39, 0.29) is 0 Å². The average Bonchev–Trinajstić information content (AvgIpc) is 3.11. The molecule has 0 aliphatic carbocycles. The predicted octanol–water partition coefficient (Wildman–Crippen LogP) is 0.616. The van der Waals surface area contributed by atoms with E-state index in [2.05, 4.69) is 22.0 Å². The smallest absolute Gasteiger partial charge is 0.236 e. The molecule has 1 atom stereocenters. The van der Waals surface area contributed by atoms with Gasteiger partial charge in [-0.25, -0.2) is 0 Å². The molecule has 0 aromatic rings. The molecule has 1 unspecified atom stereocenters. The molecule has 126 valence electrons. The van der Waals surface area contributed by atoms with Gasteiger partial charge in [-0.15, -0.1) is 0 Å². The minimum Gasteiger partial charge on any atom is -0.342 e. The normalized spacial score (nSPS) is 31.6. The Labute approximate surface area is 135 Å². The standard InChI is InChI=1S/C17H32N4O/c1-17(5-6-18-14-17)15-20-8-4-7-19(11-12-20)13-16(22)21-9-2-3-10-21/h18H,2-15H2,1H3. The van der Waals surface area contributed by atoms with Gasteiger partial charge in [0, 0.05) is 39.3 Å². The number of hydrogen-bond acceptors (Lipinski definition) is 4. The van der Waals surface area contributed by atoms with Crippen LogP contribution in [0.25, 0.3) is 0 Å². The number of hydrogen-bond donors (Lipinski definition) is 1. The largest absolute Gasteiger partial charge is 0.342 e. The molecule has 0 aromatic heterocycles. The fraction of sp³-hybridized carbons (Fsp3) is 0.941. The maximum Gasteiger partial charge on any atom is 0.236 e. The molecule has 0 aromatic carbocycles. The van der Waals surface area contributed by atoms with Gasteiger partial charge >= 0.3 is 0 Å². The first-order valence-electron chi connectivity index (χ1n) is 9.08. The van der Waals surface area contributed by atoms with Crippen molar-refractivity contribution in [3.05, 3.63) is 0 Å². The van der Waals surface area contributed by atoms with E-state index < -0.39 is 0 Å². The SMILES string of the molecule is CC1(CN2CCCN(CC(=O)N3CCCC3)CC2)CCNC1. The minimum atomic E-state index is 0.345. The van der Waals surface area contributed by atoms with E-state index in [1.165, 1.54) is 45.3 Å². The number of carbonyl (C=O) groups excluding carboxylic acids is 1. The monoisotopic (exact) mass is 308 g/mol. The molecule has 3 rings (SSSR count). The molecule has 0 spiro atoms. The topological polar surface area (TPSA) is 38.8 Å². The Morgan fingerprint density at radius 1 is 1.00 bits per heavy atom. The van der Waals surface area contributed by atoms with E-state index in [0.29, 0.717) is 17.9 Å². The van der Waals surface area contributed by atoms with Gasteiger partial charge in [0.05, 0.1) is 6.54 Å². The lowest BCUT2D eigenvalue weighted by Crippen LogP contribution is -2.42. The molecule has 1 amide bonds. The maximum atomic E-state index is 12.3. The molecule has 3 saturated heterocycles. The van der Waals surface area contributed by atoms with Gasteiger partial charge in [-0.1, -0.05) is 6.92 Å². The van der Waals surface area contributed by atoms with Crippen LogP contribution in [-0.4, -0.2) is 86.1 Å². The zero-order valence-corrected chi connectivity index (χ0v) is 14.1. The van der Waals surface area contributed by atoms with Gasteiger partial charge in [0.2, 0.25) is 5.91 Å². The van der Waals surface area contributed by atoms with Crippen LogP contribution in [0.2, 0.25) is 0 Å². The summed E-state index contributed by atoms with van der Waals surface area (Å²) in [4.78, 5) is 19.3. The molecular weight excluding hydrogens is 276 g/mol. The minimum absolute atomic E-state index is 0.345. The second-order valence-corrected chi connectivity index (χ2v) is 7.73. The Bertz CT molecular complexity index is 375. The van der Waals surface area contributed by atoms with Crippen LogP contribution in [0.3, 0.4) is 0 Å². The Hall–Kier alpha value is -0.650. The summed E-state index contributed by atoms with van der Waals surface area (Å²) in [5.41, 5.74) is 0.445. The molecule has 0 bridgehead atoms. The number of carbonyl (C=O) groups is 1. The van der Waals surface area contributed by atoms with Crippen LogP contribution in [0.4, 0.5) is 0 Å². The van der Waals surface area contributed by atoms with E-state index >= 15 is 0 Å². The summed E-state index contributed by atoms with van der Waals surface area (Å²) in [6.45, 7) is 12.9. The van der Waals surface area contributed by atoms with Crippen LogP contribution in [-0.2, 0) is 4.79 Å². The molecule has 0 radical (unpaired) electrons. The average molecular weight is 308 g/mol. The second kappa shape index (κ2) is 7.28. The van der Waals surface area contributed by atoms with Crippen molar-refractivity contribution in [2.45, 2.75) is 32.6 Å². The fourth-order valence-corrected chi connectivity index (χ4v) is 4.14. The summed E-state index contributed by atoms with van der Waals surface area (Å²) >= 11 is 0. The molecule has 3 aliphatic rings. The molecule has 0 saturated carbocycles. The molecule has 3 aliphatic heterocycles. The number of amides is 1. The highest BCUT2D eigenvalue weighted by Gasteiger charge is 2.31.